The van der Waals surface area contributed by atoms with E-state index in [0.717, 1.165) is 25.0 Å². The first-order valence-corrected chi connectivity index (χ1v) is 8.20. The molecule has 0 aliphatic heterocycles. The van der Waals surface area contributed by atoms with Gasteiger partial charge in [0.1, 0.15) is 5.75 Å². The number of rotatable bonds is 7. The summed E-state index contributed by atoms with van der Waals surface area (Å²) in [4.78, 5) is 14.9. The predicted octanol–water partition coefficient (Wildman–Crippen LogP) is 2.29. The van der Waals surface area contributed by atoms with Gasteiger partial charge in [-0.2, -0.15) is 8.78 Å². The van der Waals surface area contributed by atoms with E-state index >= 15 is 0 Å². The largest absolute Gasteiger partial charge is 0.435 e. The lowest BCUT2D eigenvalue weighted by molar-refractivity contribution is -0.0498. The van der Waals surface area contributed by atoms with Gasteiger partial charge in [0.05, 0.1) is 6.10 Å². The zero-order valence-electron chi connectivity index (χ0n) is 13.6. The van der Waals surface area contributed by atoms with Crippen LogP contribution in [0.4, 0.5) is 8.78 Å². The smallest absolute Gasteiger partial charge is 0.387 e. The number of pyridine rings is 1. The molecule has 5 nitrogen and oxygen atoms in total. The summed E-state index contributed by atoms with van der Waals surface area (Å²) in [7, 11) is 0. The summed E-state index contributed by atoms with van der Waals surface area (Å²) in [5.74, 6) is 0.0450. The maximum absolute atomic E-state index is 12.1. The van der Waals surface area contributed by atoms with Crippen molar-refractivity contribution in [2.24, 2.45) is 0 Å². The average molecular weight is 350 g/mol. The Hall–Kier alpha value is -2.25. The van der Waals surface area contributed by atoms with Crippen LogP contribution in [0.3, 0.4) is 0 Å². The molecule has 0 saturated heterocycles. The Morgan fingerprint density at radius 1 is 1.24 bits per heavy atom. The third kappa shape index (κ3) is 4.43. The highest BCUT2D eigenvalue weighted by Crippen LogP contribution is 2.20. The minimum atomic E-state index is -2.87. The molecule has 1 aromatic carbocycles. The molecule has 1 heterocycles. The number of fused-ring (bicyclic) bond motifs is 1. The molecule has 7 heteroatoms. The van der Waals surface area contributed by atoms with Crippen molar-refractivity contribution in [1.29, 1.82) is 0 Å². The molecule has 3 rings (SSSR count). The minimum absolute atomic E-state index is 0.0450. The van der Waals surface area contributed by atoms with Crippen LogP contribution in [-0.4, -0.2) is 23.2 Å². The van der Waals surface area contributed by atoms with Crippen LogP contribution in [-0.2, 0) is 19.4 Å². The van der Waals surface area contributed by atoms with Crippen molar-refractivity contribution in [3.05, 3.63) is 63.1 Å². The number of H-pyrrole nitrogens is 1. The quantitative estimate of drug-likeness (QED) is 0.716. The van der Waals surface area contributed by atoms with E-state index in [2.05, 4.69) is 15.0 Å². The highest BCUT2D eigenvalue weighted by Gasteiger charge is 2.14. The summed E-state index contributed by atoms with van der Waals surface area (Å²) in [5, 5.41) is 13.2. The van der Waals surface area contributed by atoms with Crippen LogP contribution in [0.25, 0.3) is 0 Å². The summed E-state index contributed by atoms with van der Waals surface area (Å²) >= 11 is 0. The van der Waals surface area contributed by atoms with Crippen molar-refractivity contribution in [1.82, 2.24) is 10.3 Å². The van der Waals surface area contributed by atoms with E-state index in [-0.39, 0.29) is 17.9 Å². The molecule has 134 valence electrons. The predicted molar refractivity (Wildman–Crippen MR) is 88.8 cm³/mol. The first kappa shape index (κ1) is 17.6. The molecule has 2 aromatic rings. The van der Waals surface area contributed by atoms with Gasteiger partial charge in [0.15, 0.2) is 0 Å². The maximum Gasteiger partial charge on any atom is 0.387 e. The second-order valence-corrected chi connectivity index (χ2v) is 6.08. The Bertz CT molecular complexity index is 775. The van der Waals surface area contributed by atoms with Crippen molar-refractivity contribution < 1.29 is 18.6 Å². The Balaban J connectivity index is 1.54. The molecule has 0 bridgehead atoms. The fourth-order valence-electron chi connectivity index (χ4n) is 3.03. The molecule has 0 amide bonds. The number of aliphatic hydroxyl groups excluding tert-OH is 1. The third-order valence-electron chi connectivity index (χ3n) is 4.31. The van der Waals surface area contributed by atoms with Gasteiger partial charge in [0, 0.05) is 24.3 Å². The normalized spacial score (nSPS) is 14.6. The molecule has 1 unspecified atom stereocenters. The SMILES string of the molecule is O=c1[nH]c2c(cc1CNCC(O)c1ccc(OC(F)F)cc1)CCC2. The summed E-state index contributed by atoms with van der Waals surface area (Å²) < 4.78 is 28.5. The van der Waals surface area contributed by atoms with Crippen LogP contribution in [0.2, 0.25) is 0 Å². The van der Waals surface area contributed by atoms with Gasteiger partial charge in [0.2, 0.25) is 0 Å². The fraction of sp³-hybridized carbons (Fsp3) is 0.389. The summed E-state index contributed by atoms with van der Waals surface area (Å²) in [5.41, 5.74) is 3.34. The molecular formula is C18H20F2N2O3. The molecule has 0 radical (unpaired) electrons. The lowest BCUT2D eigenvalue weighted by atomic mass is 10.1. The molecule has 25 heavy (non-hydrogen) atoms. The lowest BCUT2D eigenvalue weighted by Gasteiger charge is -2.13. The Labute approximate surface area is 143 Å². The van der Waals surface area contributed by atoms with E-state index in [1.165, 1.54) is 29.8 Å². The van der Waals surface area contributed by atoms with Gasteiger partial charge in [-0.15, -0.1) is 0 Å². The second kappa shape index (κ2) is 7.76. The van der Waals surface area contributed by atoms with Gasteiger partial charge in [-0.1, -0.05) is 12.1 Å². The van der Waals surface area contributed by atoms with Crippen molar-refractivity contribution in [3.8, 4) is 5.75 Å². The third-order valence-corrected chi connectivity index (χ3v) is 4.31. The first-order valence-electron chi connectivity index (χ1n) is 8.20. The molecule has 1 atom stereocenters. The van der Waals surface area contributed by atoms with Crippen LogP contribution >= 0.6 is 0 Å². The van der Waals surface area contributed by atoms with Crippen molar-refractivity contribution in [3.63, 3.8) is 0 Å². The van der Waals surface area contributed by atoms with Gasteiger partial charge in [-0.3, -0.25) is 4.79 Å². The van der Waals surface area contributed by atoms with E-state index < -0.39 is 12.7 Å². The molecule has 0 saturated carbocycles. The fourth-order valence-corrected chi connectivity index (χ4v) is 3.03. The summed E-state index contributed by atoms with van der Waals surface area (Å²) in [6, 6.07) is 7.77. The number of aryl methyl sites for hydroxylation is 2. The Morgan fingerprint density at radius 2 is 2.00 bits per heavy atom. The van der Waals surface area contributed by atoms with Gasteiger partial charge in [-0.05, 0) is 48.6 Å². The van der Waals surface area contributed by atoms with E-state index in [9.17, 15) is 18.7 Å². The molecule has 3 N–H and O–H groups in total. The second-order valence-electron chi connectivity index (χ2n) is 6.08. The van der Waals surface area contributed by atoms with E-state index in [0.29, 0.717) is 17.7 Å². The number of halogens is 2. The molecule has 1 aliphatic carbocycles. The maximum atomic E-state index is 12.1. The highest BCUT2D eigenvalue weighted by atomic mass is 19.3. The van der Waals surface area contributed by atoms with Crippen LogP contribution in [0.5, 0.6) is 5.75 Å². The number of benzene rings is 1. The van der Waals surface area contributed by atoms with Gasteiger partial charge in [0.25, 0.3) is 5.56 Å². The minimum Gasteiger partial charge on any atom is -0.435 e. The molecule has 1 aliphatic rings. The van der Waals surface area contributed by atoms with Crippen LogP contribution < -0.4 is 15.6 Å². The average Bonchev–Trinajstić information content (AvgIpc) is 3.02. The van der Waals surface area contributed by atoms with Crippen LogP contribution in [0.1, 0.15) is 34.9 Å². The first-order chi connectivity index (χ1) is 12.0. The molecule has 1 aromatic heterocycles. The van der Waals surface area contributed by atoms with Crippen molar-refractivity contribution in [2.75, 3.05) is 6.54 Å². The number of aromatic amines is 1. The zero-order valence-corrected chi connectivity index (χ0v) is 13.6. The number of nitrogens with one attached hydrogen (secondary N) is 2. The van der Waals surface area contributed by atoms with Gasteiger partial charge >= 0.3 is 6.61 Å². The Kier molecular flexibility index (Phi) is 5.45. The van der Waals surface area contributed by atoms with E-state index in [1.54, 1.807) is 0 Å². The number of hydrogen-bond acceptors (Lipinski definition) is 4. The monoisotopic (exact) mass is 350 g/mol. The van der Waals surface area contributed by atoms with Gasteiger partial charge in [-0.25, -0.2) is 0 Å². The summed E-state index contributed by atoms with van der Waals surface area (Å²) in [6.45, 7) is -2.28. The molecule has 0 spiro atoms. The van der Waals surface area contributed by atoms with Crippen LogP contribution in [0, 0.1) is 0 Å². The number of aliphatic hydroxyl groups is 1. The lowest BCUT2D eigenvalue weighted by Crippen LogP contribution is -2.25. The number of hydrogen-bond donors (Lipinski definition) is 3. The van der Waals surface area contributed by atoms with E-state index in [4.69, 9.17) is 0 Å². The zero-order chi connectivity index (χ0) is 17.8. The van der Waals surface area contributed by atoms with Crippen molar-refractivity contribution >= 4 is 0 Å². The van der Waals surface area contributed by atoms with E-state index in [1.807, 2.05) is 6.07 Å². The number of ether oxygens (including phenoxy) is 1. The highest BCUT2D eigenvalue weighted by molar-refractivity contribution is 5.30. The molecule has 0 fully saturated rings. The summed E-state index contributed by atoms with van der Waals surface area (Å²) in [6.07, 6.45) is 2.15. The van der Waals surface area contributed by atoms with Crippen molar-refractivity contribution in [2.45, 2.75) is 38.5 Å². The number of alkyl halides is 2. The van der Waals surface area contributed by atoms with Gasteiger partial charge < -0.3 is 20.1 Å². The number of aromatic nitrogens is 1. The molecular weight excluding hydrogens is 330 g/mol. The standard InChI is InChI=1S/C18H20F2N2O3/c19-18(20)25-14-6-4-11(5-7-14)16(23)10-21-9-13-8-12-2-1-3-15(12)22-17(13)24/h4-8,16,18,21,23H,1-3,9-10H2,(H,22,24). The van der Waals surface area contributed by atoms with Crippen LogP contribution in [0.15, 0.2) is 35.1 Å². The topological polar surface area (TPSA) is 74.4 Å². The Morgan fingerprint density at radius 3 is 2.72 bits per heavy atom.